The van der Waals surface area contributed by atoms with Crippen LogP contribution in [0.5, 0.6) is 5.75 Å². The standard InChI is InChI=1S/C21H22Cl2N2O3S/c1-13-8-9-14-6-5-7-17(20(14)24-13)28-12-15-16(22)10-11-18(19(15)23)29(26,27)25-21(2,3)4/h5-11,25H,12H2,1-4H3. The second-order valence-corrected chi connectivity index (χ2v) is 10.2. The molecule has 29 heavy (non-hydrogen) atoms. The van der Waals surface area contributed by atoms with Gasteiger partial charge in [-0.15, -0.1) is 0 Å². The van der Waals surface area contributed by atoms with E-state index in [-0.39, 0.29) is 16.5 Å². The van der Waals surface area contributed by atoms with Crippen LogP contribution in [0.1, 0.15) is 32.0 Å². The third kappa shape index (κ3) is 5.01. The predicted octanol–water partition coefficient (Wildman–Crippen LogP) is 5.51. The second kappa shape index (κ2) is 8.11. The van der Waals surface area contributed by atoms with Gasteiger partial charge in [0.2, 0.25) is 10.0 Å². The Hall–Kier alpha value is -1.86. The van der Waals surface area contributed by atoms with Crippen LogP contribution in [0.2, 0.25) is 10.0 Å². The van der Waals surface area contributed by atoms with Gasteiger partial charge in [0.05, 0.1) is 5.02 Å². The van der Waals surface area contributed by atoms with Crippen molar-refractivity contribution in [2.75, 3.05) is 0 Å². The van der Waals surface area contributed by atoms with Crippen LogP contribution in [-0.2, 0) is 16.6 Å². The van der Waals surface area contributed by atoms with E-state index in [9.17, 15) is 8.42 Å². The number of nitrogens with zero attached hydrogens (tertiary/aromatic N) is 1. The van der Waals surface area contributed by atoms with E-state index in [2.05, 4.69) is 9.71 Å². The average Bonchev–Trinajstić information content (AvgIpc) is 2.59. The molecule has 0 unspecified atom stereocenters. The maximum absolute atomic E-state index is 12.7. The summed E-state index contributed by atoms with van der Waals surface area (Å²) in [6.45, 7) is 7.18. The van der Waals surface area contributed by atoms with E-state index in [1.165, 1.54) is 12.1 Å². The van der Waals surface area contributed by atoms with Gasteiger partial charge in [-0.25, -0.2) is 18.1 Å². The highest BCUT2D eigenvalue weighted by Crippen LogP contribution is 2.33. The summed E-state index contributed by atoms with van der Waals surface area (Å²) < 4.78 is 34.0. The molecule has 154 valence electrons. The molecule has 0 radical (unpaired) electrons. The van der Waals surface area contributed by atoms with E-state index >= 15 is 0 Å². The number of halogens is 2. The zero-order chi connectivity index (χ0) is 21.4. The van der Waals surface area contributed by atoms with Crippen LogP contribution < -0.4 is 9.46 Å². The first kappa shape index (κ1) is 21.8. The molecule has 0 atom stereocenters. The lowest BCUT2D eigenvalue weighted by Crippen LogP contribution is -2.40. The van der Waals surface area contributed by atoms with Crippen LogP contribution in [0, 0.1) is 6.92 Å². The Kier molecular flexibility index (Phi) is 6.11. The largest absolute Gasteiger partial charge is 0.487 e. The fourth-order valence-electron chi connectivity index (χ4n) is 2.86. The minimum absolute atomic E-state index is 0.00524. The summed E-state index contributed by atoms with van der Waals surface area (Å²) in [4.78, 5) is 4.50. The Morgan fingerprint density at radius 2 is 1.79 bits per heavy atom. The molecule has 0 aliphatic carbocycles. The summed E-state index contributed by atoms with van der Waals surface area (Å²) in [5, 5.41) is 1.31. The van der Waals surface area contributed by atoms with Crippen molar-refractivity contribution in [1.82, 2.24) is 9.71 Å². The number of aryl methyl sites for hydroxylation is 1. The smallest absolute Gasteiger partial charge is 0.242 e. The fraction of sp³-hybridized carbons (Fsp3) is 0.286. The molecule has 0 fully saturated rings. The van der Waals surface area contributed by atoms with Crippen LogP contribution in [-0.4, -0.2) is 18.9 Å². The van der Waals surface area contributed by atoms with Crippen LogP contribution in [0.3, 0.4) is 0 Å². The molecule has 0 saturated carbocycles. The maximum atomic E-state index is 12.7. The minimum Gasteiger partial charge on any atom is -0.487 e. The Bertz CT molecular complexity index is 1170. The number of benzene rings is 2. The number of para-hydroxylation sites is 1. The van der Waals surface area contributed by atoms with Gasteiger partial charge in [-0.05, 0) is 52.0 Å². The van der Waals surface area contributed by atoms with Crippen molar-refractivity contribution in [2.24, 2.45) is 0 Å². The lowest BCUT2D eigenvalue weighted by molar-refractivity contribution is 0.309. The van der Waals surface area contributed by atoms with E-state index < -0.39 is 15.6 Å². The van der Waals surface area contributed by atoms with Gasteiger partial charge >= 0.3 is 0 Å². The summed E-state index contributed by atoms with van der Waals surface area (Å²) >= 11 is 12.7. The molecule has 0 bridgehead atoms. The minimum atomic E-state index is -3.82. The Morgan fingerprint density at radius 3 is 2.48 bits per heavy atom. The third-order valence-electron chi connectivity index (χ3n) is 4.08. The summed E-state index contributed by atoms with van der Waals surface area (Å²) in [6, 6.07) is 12.4. The summed E-state index contributed by atoms with van der Waals surface area (Å²) in [5.74, 6) is 0.569. The molecule has 3 aromatic rings. The van der Waals surface area contributed by atoms with E-state index in [1.807, 2.05) is 31.2 Å². The Labute approximate surface area is 181 Å². The molecule has 1 aromatic heterocycles. The van der Waals surface area contributed by atoms with Crippen molar-refractivity contribution >= 4 is 44.1 Å². The Balaban J connectivity index is 1.96. The molecular weight excluding hydrogens is 431 g/mol. The molecule has 0 spiro atoms. The zero-order valence-electron chi connectivity index (χ0n) is 16.6. The van der Waals surface area contributed by atoms with Crippen LogP contribution >= 0.6 is 23.2 Å². The Morgan fingerprint density at radius 1 is 1.07 bits per heavy atom. The van der Waals surface area contributed by atoms with Crippen molar-refractivity contribution in [3.8, 4) is 5.75 Å². The third-order valence-corrected chi connectivity index (χ3v) is 6.77. The molecule has 0 aliphatic heterocycles. The SMILES string of the molecule is Cc1ccc2cccc(OCc3c(Cl)ccc(S(=O)(=O)NC(C)(C)C)c3Cl)c2n1. The molecule has 1 heterocycles. The molecule has 5 nitrogen and oxygen atoms in total. The number of rotatable bonds is 5. The zero-order valence-corrected chi connectivity index (χ0v) is 18.9. The van der Waals surface area contributed by atoms with Crippen molar-refractivity contribution in [3.05, 3.63) is 63.8 Å². The molecular formula is C21H22Cl2N2O3S. The highest BCUT2D eigenvalue weighted by Gasteiger charge is 2.26. The molecule has 1 N–H and O–H groups in total. The van der Waals surface area contributed by atoms with Gasteiger partial charge in [-0.2, -0.15) is 0 Å². The normalized spacial score (nSPS) is 12.3. The van der Waals surface area contributed by atoms with E-state index in [4.69, 9.17) is 27.9 Å². The van der Waals surface area contributed by atoms with Gasteiger partial charge in [0, 0.05) is 27.2 Å². The lowest BCUT2D eigenvalue weighted by atomic mass is 10.1. The lowest BCUT2D eigenvalue weighted by Gasteiger charge is -2.21. The number of ether oxygens (including phenoxy) is 1. The number of nitrogens with one attached hydrogen (secondary N) is 1. The monoisotopic (exact) mass is 452 g/mol. The van der Waals surface area contributed by atoms with Crippen LogP contribution in [0.15, 0.2) is 47.4 Å². The van der Waals surface area contributed by atoms with Crippen molar-refractivity contribution in [1.29, 1.82) is 0 Å². The summed E-state index contributed by atoms with van der Waals surface area (Å²) in [7, 11) is -3.82. The summed E-state index contributed by atoms with van der Waals surface area (Å²) in [5.41, 5.74) is 1.34. The maximum Gasteiger partial charge on any atom is 0.242 e. The second-order valence-electron chi connectivity index (χ2n) is 7.76. The van der Waals surface area contributed by atoms with Gasteiger partial charge in [0.25, 0.3) is 0 Å². The quantitative estimate of drug-likeness (QED) is 0.554. The molecule has 0 saturated heterocycles. The molecule has 0 aliphatic rings. The van der Waals surface area contributed by atoms with Crippen LogP contribution in [0.4, 0.5) is 0 Å². The van der Waals surface area contributed by atoms with E-state index in [0.717, 1.165) is 16.6 Å². The van der Waals surface area contributed by atoms with Crippen LogP contribution in [0.25, 0.3) is 10.9 Å². The van der Waals surface area contributed by atoms with Crippen molar-refractivity contribution in [2.45, 2.75) is 44.7 Å². The first-order valence-electron chi connectivity index (χ1n) is 8.98. The molecule has 0 amide bonds. The number of hydrogen-bond acceptors (Lipinski definition) is 4. The number of hydrogen-bond donors (Lipinski definition) is 1. The number of sulfonamides is 1. The first-order chi connectivity index (χ1) is 13.5. The van der Waals surface area contributed by atoms with Gasteiger partial charge in [-0.3, -0.25) is 0 Å². The van der Waals surface area contributed by atoms with Crippen molar-refractivity contribution < 1.29 is 13.2 Å². The van der Waals surface area contributed by atoms with Gasteiger partial charge < -0.3 is 4.74 Å². The fourth-order valence-corrected chi connectivity index (χ4v) is 5.16. The van der Waals surface area contributed by atoms with Gasteiger partial charge in [-0.1, -0.05) is 41.4 Å². The first-order valence-corrected chi connectivity index (χ1v) is 11.2. The van der Waals surface area contributed by atoms with Crippen molar-refractivity contribution in [3.63, 3.8) is 0 Å². The predicted molar refractivity (Wildman–Crippen MR) is 117 cm³/mol. The number of aromatic nitrogens is 1. The molecule has 8 heteroatoms. The summed E-state index contributed by atoms with van der Waals surface area (Å²) in [6.07, 6.45) is 0. The van der Waals surface area contributed by atoms with E-state index in [1.54, 1.807) is 26.8 Å². The highest BCUT2D eigenvalue weighted by atomic mass is 35.5. The van der Waals surface area contributed by atoms with Gasteiger partial charge in [0.15, 0.2) is 0 Å². The number of fused-ring (bicyclic) bond motifs is 1. The van der Waals surface area contributed by atoms with Gasteiger partial charge in [0.1, 0.15) is 22.8 Å². The highest BCUT2D eigenvalue weighted by molar-refractivity contribution is 7.89. The topological polar surface area (TPSA) is 68.3 Å². The molecule has 3 rings (SSSR count). The average molecular weight is 453 g/mol. The van der Waals surface area contributed by atoms with E-state index in [0.29, 0.717) is 16.3 Å². The number of pyridine rings is 1. The molecule has 2 aromatic carbocycles.